The molecule has 4 nitrogen and oxygen atoms in total. The van der Waals surface area contributed by atoms with Crippen LogP contribution in [0.3, 0.4) is 0 Å². The zero-order chi connectivity index (χ0) is 28.5. The molecule has 0 fully saturated rings. The molecule has 0 saturated carbocycles. The van der Waals surface area contributed by atoms with Gasteiger partial charge in [0.15, 0.2) is 17.5 Å². The van der Waals surface area contributed by atoms with Gasteiger partial charge in [0.1, 0.15) is 11.2 Å². The molecule has 6 aromatic carbocycles. The van der Waals surface area contributed by atoms with Gasteiger partial charge >= 0.3 is 0 Å². The monoisotopic (exact) mass is 569 g/mol. The molecular formula is C38H23N3OS. The minimum absolute atomic E-state index is 0.625. The summed E-state index contributed by atoms with van der Waals surface area (Å²) in [6.07, 6.45) is 0. The van der Waals surface area contributed by atoms with Gasteiger partial charge in [-0.1, -0.05) is 96.6 Å². The number of furan rings is 1. The standard InChI is InChI=1S/C38H23N3OS/c1-22-16-18-23(19-17-22)36-39-37(41-38(40-36)29-13-6-11-27-26-10-4-5-15-33(26)43-35(27)29)28-12-7-14-31-34(28)30-20-24-8-2-3-9-25(24)21-32(30)42-31/h2-21H,1H3. The second kappa shape index (κ2) is 9.31. The molecule has 0 unspecified atom stereocenters. The lowest BCUT2D eigenvalue weighted by Gasteiger charge is -2.10. The van der Waals surface area contributed by atoms with Gasteiger partial charge in [-0.15, -0.1) is 11.3 Å². The lowest BCUT2D eigenvalue weighted by molar-refractivity contribution is 0.669. The fourth-order valence-electron chi connectivity index (χ4n) is 6.07. The van der Waals surface area contributed by atoms with Crippen LogP contribution >= 0.6 is 11.3 Å². The lowest BCUT2D eigenvalue weighted by Crippen LogP contribution is -2.00. The second-order valence-corrected chi connectivity index (χ2v) is 12.0. The van der Waals surface area contributed by atoms with E-state index in [9.17, 15) is 0 Å². The Morgan fingerprint density at radius 2 is 1.21 bits per heavy atom. The molecule has 0 aliphatic carbocycles. The van der Waals surface area contributed by atoms with Crippen molar-refractivity contribution in [3.63, 3.8) is 0 Å². The van der Waals surface area contributed by atoms with E-state index in [1.54, 1.807) is 11.3 Å². The van der Waals surface area contributed by atoms with E-state index in [2.05, 4.69) is 116 Å². The number of nitrogens with zero attached hydrogens (tertiary/aromatic N) is 3. The maximum absolute atomic E-state index is 6.39. The Morgan fingerprint density at radius 3 is 2.07 bits per heavy atom. The van der Waals surface area contributed by atoms with Gasteiger partial charge in [0.05, 0.1) is 0 Å². The SMILES string of the molecule is Cc1ccc(-c2nc(-c3cccc4c3sc3ccccc34)nc(-c3cccc4oc5cc6ccccc6cc5c34)n2)cc1. The van der Waals surface area contributed by atoms with Gasteiger partial charge in [-0.3, -0.25) is 0 Å². The molecule has 3 heterocycles. The number of fused-ring (bicyclic) bond motifs is 7. The van der Waals surface area contributed by atoms with Gasteiger partial charge in [-0.2, -0.15) is 0 Å². The van der Waals surface area contributed by atoms with E-state index in [4.69, 9.17) is 19.4 Å². The first-order chi connectivity index (χ1) is 21.2. The topological polar surface area (TPSA) is 51.8 Å². The van der Waals surface area contributed by atoms with E-state index in [0.29, 0.717) is 17.5 Å². The van der Waals surface area contributed by atoms with Crippen LogP contribution in [0, 0.1) is 6.92 Å². The highest BCUT2D eigenvalue weighted by atomic mass is 32.1. The van der Waals surface area contributed by atoms with Crippen LogP contribution in [0.15, 0.2) is 126 Å². The first-order valence-electron chi connectivity index (χ1n) is 14.3. The van der Waals surface area contributed by atoms with Gasteiger partial charge in [-0.05, 0) is 48.0 Å². The summed E-state index contributed by atoms with van der Waals surface area (Å²) in [5.41, 5.74) is 5.74. The molecule has 9 rings (SSSR count). The summed E-state index contributed by atoms with van der Waals surface area (Å²) in [4.78, 5) is 15.4. The zero-order valence-corrected chi connectivity index (χ0v) is 24.0. The van der Waals surface area contributed by atoms with Crippen LogP contribution in [0.1, 0.15) is 5.56 Å². The number of aromatic nitrogens is 3. The maximum Gasteiger partial charge on any atom is 0.165 e. The number of aryl methyl sites for hydroxylation is 1. The van der Waals surface area contributed by atoms with Gasteiger partial charge in [-0.25, -0.2) is 15.0 Å². The van der Waals surface area contributed by atoms with Crippen molar-refractivity contribution in [2.75, 3.05) is 0 Å². The van der Waals surface area contributed by atoms with Crippen LogP contribution in [0.4, 0.5) is 0 Å². The Hall–Kier alpha value is -5.39. The third-order valence-electron chi connectivity index (χ3n) is 8.19. The number of rotatable bonds is 3. The van der Waals surface area contributed by atoms with E-state index in [1.165, 1.54) is 31.1 Å². The average Bonchev–Trinajstić information content (AvgIpc) is 3.61. The molecule has 0 saturated heterocycles. The summed E-state index contributed by atoms with van der Waals surface area (Å²) in [6.45, 7) is 2.09. The average molecular weight is 570 g/mol. The van der Waals surface area contributed by atoms with Crippen molar-refractivity contribution in [3.8, 4) is 34.2 Å². The van der Waals surface area contributed by atoms with Gasteiger partial charge < -0.3 is 4.42 Å². The molecule has 202 valence electrons. The number of hydrogen-bond acceptors (Lipinski definition) is 5. The Bertz CT molecular complexity index is 2520. The quantitative estimate of drug-likeness (QED) is 0.212. The first kappa shape index (κ1) is 24.2. The van der Waals surface area contributed by atoms with Crippen molar-refractivity contribution >= 4 is 64.2 Å². The van der Waals surface area contributed by atoms with Crippen LogP contribution in [0.25, 0.3) is 87.0 Å². The molecule has 9 aromatic rings. The molecule has 43 heavy (non-hydrogen) atoms. The molecule has 5 heteroatoms. The van der Waals surface area contributed by atoms with Crippen molar-refractivity contribution in [3.05, 3.63) is 127 Å². The summed E-state index contributed by atoms with van der Waals surface area (Å²) < 4.78 is 8.81. The third kappa shape index (κ3) is 3.86. The van der Waals surface area contributed by atoms with E-state index in [0.717, 1.165) is 44.0 Å². The van der Waals surface area contributed by atoms with Gasteiger partial charge in [0.25, 0.3) is 0 Å². The molecule has 0 atom stereocenters. The predicted octanol–water partition coefficient (Wildman–Crippen LogP) is 10.6. The first-order valence-corrected chi connectivity index (χ1v) is 15.1. The van der Waals surface area contributed by atoms with Crippen LogP contribution in [0.5, 0.6) is 0 Å². The molecule has 0 amide bonds. The van der Waals surface area contributed by atoms with Crippen LogP contribution in [-0.4, -0.2) is 15.0 Å². The fraction of sp³-hybridized carbons (Fsp3) is 0.0263. The van der Waals surface area contributed by atoms with Crippen molar-refractivity contribution < 1.29 is 4.42 Å². The Kier molecular flexibility index (Phi) is 5.25. The highest BCUT2D eigenvalue weighted by Gasteiger charge is 2.20. The molecule has 0 aliphatic rings. The third-order valence-corrected chi connectivity index (χ3v) is 9.41. The molecule has 0 bridgehead atoms. The predicted molar refractivity (Wildman–Crippen MR) is 179 cm³/mol. The molecule has 0 aliphatic heterocycles. The normalized spacial score (nSPS) is 11.8. The lowest BCUT2D eigenvalue weighted by atomic mass is 10.0. The summed E-state index contributed by atoms with van der Waals surface area (Å²) >= 11 is 1.78. The second-order valence-electron chi connectivity index (χ2n) is 10.9. The molecular weight excluding hydrogens is 547 g/mol. The van der Waals surface area contributed by atoms with Crippen molar-refractivity contribution in [2.45, 2.75) is 6.92 Å². The van der Waals surface area contributed by atoms with E-state index < -0.39 is 0 Å². The van der Waals surface area contributed by atoms with E-state index in [1.807, 2.05) is 12.1 Å². The maximum atomic E-state index is 6.39. The van der Waals surface area contributed by atoms with Crippen LogP contribution < -0.4 is 0 Å². The minimum atomic E-state index is 0.625. The Balaban J connectivity index is 1.34. The van der Waals surface area contributed by atoms with E-state index in [-0.39, 0.29) is 0 Å². The van der Waals surface area contributed by atoms with Crippen molar-refractivity contribution in [2.24, 2.45) is 0 Å². The Labute approximate surface area is 250 Å². The van der Waals surface area contributed by atoms with Gasteiger partial charge in [0, 0.05) is 47.6 Å². The van der Waals surface area contributed by atoms with Crippen LogP contribution in [0.2, 0.25) is 0 Å². The highest BCUT2D eigenvalue weighted by Crippen LogP contribution is 2.41. The highest BCUT2D eigenvalue weighted by molar-refractivity contribution is 7.26. The number of thiophene rings is 1. The summed E-state index contributed by atoms with van der Waals surface area (Å²) in [5.74, 6) is 1.93. The summed E-state index contributed by atoms with van der Waals surface area (Å²) in [6, 6.07) is 42.1. The smallest absolute Gasteiger partial charge is 0.165 e. The molecule has 0 radical (unpaired) electrons. The summed E-state index contributed by atoms with van der Waals surface area (Å²) in [7, 11) is 0. The number of hydrogen-bond donors (Lipinski definition) is 0. The van der Waals surface area contributed by atoms with E-state index >= 15 is 0 Å². The largest absolute Gasteiger partial charge is 0.456 e. The fourth-order valence-corrected chi connectivity index (χ4v) is 7.28. The zero-order valence-electron chi connectivity index (χ0n) is 23.2. The van der Waals surface area contributed by atoms with Gasteiger partial charge in [0.2, 0.25) is 0 Å². The minimum Gasteiger partial charge on any atom is -0.456 e. The van der Waals surface area contributed by atoms with Crippen LogP contribution in [-0.2, 0) is 0 Å². The molecule has 0 N–H and O–H groups in total. The molecule has 3 aromatic heterocycles. The molecule has 0 spiro atoms. The number of benzene rings is 6. The van der Waals surface area contributed by atoms with Crippen molar-refractivity contribution in [1.82, 2.24) is 15.0 Å². The Morgan fingerprint density at radius 1 is 0.535 bits per heavy atom. The summed E-state index contributed by atoms with van der Waals surface area (Å²) in [5, 5.41) is 6.84. The van der Waals surface area contributed by atoms with Crippen molar-refractivity contribution in [1.29, 1.82) is 0 Å².